The lowest BCUT2D eigenvalue weighted by molar-refractivity contribution is -0.148. The zero-order valence-corrected chi connectivity index (χ0v) is 12.8. The third-order valence-corrected chi connectivity index (χ3v) is 5.34. The summed E-state index contributed by atoms with van der Waals surface area (Å²) in [5.74, 6) is -2.05. The highest BCUT2D eigenvalue weighted by Gasteiger charge is 2.58. The van der Waals surface area contributed by atoms with E-state index in [2.05, 4.69) is 6.58 Å². The first-order valence-electron chi connectivity index (χ1n) is 6.42. The molecule has 114 valence electrons. The Morgan fingerprint density at radius 1 is 1.30 bits per heavy atom. The van der Waals surface area contributed by atoms with Crippen LogP contribution in [0.4, 0.5) is 0 Å². The smallest absolute Gasteiger partial charge is 0.331 e. The van der Waals surface area contributed by atoms with Crippen LogP contribution in [0.3, 0.4) is 0 Å². The minimum Gasteiger partial charge on any atom is -0.466 e. The summed E-state index contributed by atoms with van der Waals surface area (Å²) in [7, 11) is -3.80. The van der Waals surface area contributed by atoms with Gasteiger partial charge in [0.05, 0.1) is 19.1 Å². The van der Waals surface area contributed by atoms with Gasteiger partial charge in [-0.15, -0.1) is 0 Å². The molecule has 2 atom stereocenters. The van der Waals surface area contributed by atoms with E-state index in [4.69, 9.17) is 9.47 Å². The van der Waals surface area contributed by atoms with Crippen LogP contribution in [0.2, 0.25) is 0 Å². The van der Waals surface area contributed by atoms with Crippen LogP contribution >= 0.6 is 0 Å². The van der Waals surface area contributed by atoms with Gasteiger partial charge in [0.25, 0.3) is 0 Å². The number of esters is 2. The van der Waals surface area contributed by atoms with E-state index in [-0.39, 0.29) is 31.6 Å². The Balaban J connectivity index is 3.18. The first kappa shape index (κ1) is 16.7. The number of rotatable bonds is 5. The highest BCUT2D eigenvalue weighted by atomic mass is 32.2. The topological polar surface area (TPSA) is 86.7 Å². The number of carbonyl (C=O) groups excluding carboxylic acids is 2. The summed E-state index contributed by atoms with van der Waals surface area (Å²) in [5, 5.41) is 0. The van der Waals surface area contributed by atoms with E-state index in [9.17, 15) is 18.0 Å². The van der Waals surface area contributed by atoms with Crippen LogP contribution in [0.1, 0.15) is 26.7 Å². The Bertz CT molecular complexity index is 521. The third kappa shape index (κ3) is 2.72. The summed E-state index contributed by atoms with van der Waals surface area (Å²) in [6, 6.07) is 0. The SMILES string of the molecule is C=C1C[C@@H](C(=O)OCC)C[C@]1(C(=O)OCC)S(C)(=O)=O. The number of ether oxygens (including phenoxy) is 2. The lowest BCUT2D eigenvalue weighted by Gasteiger charge is -2.26. The second-order valence-corrected chi connectivity index (χ2v) is 7.02. The average molecular weight is 304 g/mol. The van der Waals surface area contributed by atoms with Gasteiger partial charge in [-0.05, 0) is 32.3 Å². The van der Waals surface area contributed by atoms with Crippen LogP contribution in [0, 0.1) is 5.92 Å². The summed E-state index contributed by atoms with van der Waals surface area (Å²) in [6.45, 7) is 7.20. The number of hydrogen-bond donors (Lipinski definition) is 0. The molecule has 0 saturated heterocycles. The minimum absolute atomic E-state index is 0.0630. The van der Waals surface area contributed by atoms with Crippen molar-refractivity contribution in [1.82, 2.24) is 0 Å². The predicted molar refractivity (Wildman–Crippen MR) is 72.7 cm³/mol. The summed E-state index contributed by atoms with van der Waals surface area (Å²) >= 11 is 0. The Morgan fingerprint density at radius 2 is 1.85 bits per heavy atom. The largest absolute Gasteiger partial charge is 0.466 e. The zero-order valence-electron chi connectivity index (χ0n) is 12.0. The Kier molecular flexibility index (Phi) is 4.96. The van der Waals surface area contributed by atoms with Gasteiger partial charge in [0.15, 0.2) is 14.6 Å². The third-order valence-electron chi connectivity index (χ3n) is 3.46. The maximum atomic E-state index is 12.1. The molecule has 0 aromatic rings. The van der Waals surface area contributed by atoms with E-state index in [1.54, 1.807) is 13.8 Å². The second kappa shape index (κ2) is 5.95. The predicted octanol–water partition coefficient (Wildman–Crippen LogP) is 0.862. The van der Waals surface area contributed by atoms with Gasteiger partial charge in [-0.2, -0.15) is 0 Å². The molecule has 0 aromatic heterocycles. The van der Waals surface area contributed by atoms with Crippen LogP contribution in [-0.4, -0.2) is 44.6 Å². The molecule has 0 spiro atoms. The van der Waals surface area contributed by atoms with Crippen LogP contribution in [0.5, 0.6) is 0 Å². The molecule has 0 aromatic carbocycles. The second-order valence-electron chi connectivity index (χ2n) is 4.78. The van der Waals surface area contributed by atoms with Crippen LogP contribution in [0.25, 0.3) is 0 Å². The summed E-state index contributed by atoms with van der Waals surface area (Å²) in [4.78, 5) is 23.9. The molecule has 20 heavy (non-hydrogen) atoms. The van der Waals surface area contributed by atoms with Gasteiger partial charge >= 0.3 is 11.9 Å². The van der Waals surface area contributed by atoms with Crippen molar-refractivity contribution in [2.75, 3.05) is 19.5 Å². The van der Waals surface area contributed by atoms with E-state index in [0.29, 0.717) is 0 Å². The van der Waals surface area contributed by atoms with E-state index >= 15 is 0 Å². The lowest BCUT2D eigenvalue weighted by Crippen LogP contribution is -2.46. The standard InChI is InChI=1S/C13H20O6S/c1-5-18-11(14)10-7-9(3)13(8-10,20(4,16)17)12(15)19-6-2/h10H,3,5-8H2,1-2,4H3/t10-,13+/m1/s1. The van der Waals surface area contributed by atoms with Crippen molar-refractivity contribution in [3.63, 3.8) is 0 Å². The molecule has 0 bridgehead atoms. The van der Waals surface area contributed by atoms with Crippen molar-refractivity contribution in [3.8, 4) is 0 Å². The average Bonchev–Trinajstić information content (AvgIpc) is 2.68. The normalized spacial score (nSPS) is 26.4. The highest BCUT2D eigenvalue weighted by molar-refractivity contribution is 7.93. The first-order chi connectivity index (χ1) is 9.20. The highest BCUT2D eigenvalue weighted by Crippen LogP contribution is 2.45. The van der Waals surface area contributed by atoms with Gasteiger partial charge in [0.1, 0.15) is 0 Å². The first-order valence-corrected chi connectivity index (χ1v) is 8.31. The van der Waals surface area contributed by atoms with Gasteiger partial charge in [-0.3, -0.25) is 4.79 Å². The van der Waals surface area contributed by atoms with Crippen LogP contribution < -0.4 is 0 Å². The quantitative estimate of drug-likeness (QED) is 0.553. The minimum atomic E-state index is -3.80. The van der Waals surface area contributed by atoms with Crippen molar-refractivity contribution in [2.24, 2.45) is 5.92 Å². The van der Waals surface area contributed by atoms with Crippen LogP contribution in [-0.2, 0) is 28.9 Å². The maximum absolute atomic E-state index is 12.1. The van der Waals surface area contributed by atoms with Gasteiger partial charge in [-0.25, -0.2) is 13.2 Å². The molecule has 1 aliphatic carbocycles. The van der Waals surface area contributed by atoms with Crippen molar-refractivity contribution in [3.05, 3.63) is 12.2 Å². The molecule has 6 nitrogen and oxygen atoms in total. The van der Waals surface area contributed by atoms with Crippen molar-refractivity contribution >= 4 is 21.8 Å². The van der Waals surface area contributed by atoms with Gasteiger partial charge < -0.3 is 9.47 Å². The molecule has 1 aliphatic rings. The Morgan fingerprint density at radius 3 is 2.30 bits per heavy atom. The molecule has 0 heterocycles. The summed E-state index contributed by atoms with van der Waals surface area (Å²) in [5.41, 5.74) is 0.191. The fraction of sp³-hybridized carbons (Fsp3) is 0.692. The molecular formula is C13H20O6S. The van der Waals surface area contributed by atoms with Gasteiger partial charge in [0.2, 0.25) is 0 Å². The Hall–Kier alpha value is -1.37. The molecule has 0 radical (unpaired) electrons. The fourth-order valence-electron chi connectivity index (χ4n) is 2.49. The summed E-state index contributed by atoms with van der Waals surface area (Å²) in [6.07, 6.45) is 0.912. The summed E-state index contributed by atoms with van der Waals surface area (Å²) < 4.78 is 32.1. The van der Waals surface area contributed by atoms with Crippen molar-refractivity contribution in [1.29, 1.82) is 0 Å². The van der Waals surface area contributed by atoms with Crippen molar-refractivity contribution in [2.45, 2.75) is 31.4 Å². The van der Waals surface area contributed by atoms with E-state index in [0.717, 1.165) is 6.26 Å². The molecular weight excluding hydrogens is 284 g/mol. The van der Waals surface area contributed by atoms with E-state index in [1.165, 1.54) is 0 Å². The lowest BCUT2D eigenvalue weighted by atomic mass is 10.0. The number of carbonyl (C=O) groups is 2. The molecule has 7 heteroatoms. The maximum Gasteiger partial charge on any atom is 0.331 e. The van der Waals surface area contributed by atoms with Gasteiger partial charge in [0, 0.05) is 6.26 Å². The fourth-order valence-corrected chi connectivity index (χ4v) is 3.97. The van der Waals surface area contributed by atoms with Crippen molar-refractivity contribution < 1.29 is 27.5 Å². The molecule has 1 saturated carbocycles. The van der Waals surface area contributed by atoms with E-state index in [1.807, 2.05) is 0 Å². The molecule has 0 amide bonds. The number of sulfone groups is 1. The molecule has 0 unspecified atom stereocenters. The molecule has 1 rings (SSSR count). The Labute approximate surface area is 119 Å². The molecule has 1 fully saturated rings. The number of hydrogen-bond acceptors (Lipinski definition) is 6. The van der Waals surface area contributed by atoms with Gasteiger partial charge in [-0.1, -0.05) is 6.58 Å². The zero-order chi connectivity index (χ0) is 15.6. The molecule has 0 N–H and O–H groups in total. The molecule has 0 aliphatic heterocycles. The monoisotopic (exact) mass is 304 g/mol. The van der Waals surface area contributed by atoms with Crippen LogP contribution in [0.15, 0.2) is 12.2 Å². The van der Waals surface area contributed by atoms with E-state index < -0.39 is 32.4 Å².